The Kier molecular flexibility index (Phi) is 6.95. The number of rotatable bonds is 7. The molecule has 160 valence electrons. The lowest BCUT2D eigenvalue weighted by atomic mass is 10.0. The van der Waals surface area contributed by atoms with Crippen molar-refractivity contribution in [3.05, 3.63) is 126 Å². The van der Waals surface area contributed by atoms with Crippen molar-refractivity contribution in [1.29, 1.82) is 0 Å². The molecule has 0 aliphatic carbocycles. The molecule has 0 spiro atoms. The summed E-state index contributed by atoms with van der Waals surface area (Å²) in [5, 5.41) is 17.2. The van der Waals surface area contributed by atoms with E-state index in [0.29, 0.717) is 17.9 Å². The highest BCUT2D eigenvalue weighted by Gasteiger charge is 2.15. The molecule has 0 aliphatic rings. The van der Waals surface area contributed by atoms with Crippen molar-refractivity contribution in [3.63, 3.8) is 0 Å². The number of benzene rings is 4. The fourth-order valence-electron chi connectivity index (χ4n) is 3.59. The first-order valence-corrected chi connectivity index (χ1v) is 10.7. The van der Waals surface area contributed by atoms with Crippen LogP contribution in [0.15, 0.2) is 114 Å². The highest BCUT2D eigenvalue weighted by Crippen LogP contribution is 2.21. The van der Waals surface area contributed by atoms with Gasteiger partial charge in [-0.15, -0.1) is 0 Å². The second kappa shape index (κ2) is 10.4. The number of nitrogens with zero attached hydrogens (tertiary/aromatic N) is 1. The summed E-state index contributed by atoms with van der Waals surface area (Å²) in [5.74, 6) is 0.833. The van der Waals surface area contributed by atoms with Crippen LogP contribution in [0.5, 0.6) is 5.75 Å². The Balaban J connectivity index is 1.59. The minimum Gasteiger partial charge on any atom is -0.507 e. The van der Waals surface area contributed by atoms with Gasteiger partial charge in [-0.25, -0.2) is 0 Å². The minimum atomic E-state index is -0.144. The van der Waals surface area contributed by atoms with Crippen LogP contribution in [0.3, 0.4) is 0 Å². The van der Waals surface area contributed by atoms with E-state index in [1.807, 2.05) is 61.6 Å². The van der Waals surface area contributed by atoms with Gasteiger partial charge in [-0.2, -0.15) is 0 Å². The summed E-state index contributed by atoms with van der Waals surface area (Å²) < 4.78 is 0. The average molecular weight is 422 g/mol. The third-order valence-electron chi connectivity index (χ3n) is 5.34. The molecule has 32 heavy (non-hydrogen) atoms. The van der Waals surface area contributed by atoms with Gasteiger partial charge in [0.05, 0.1) is 12.1 Å². The summed E-state index contributed by atoms with van der Waals surface area (Å²) in [6, 6.07) is 36.1. The molecule has 0 aliphatic heterocycles. The Hall–Kier alpha value is -3.89. The normalized spacial score (nSPS) is 12.3. The fraction of sp³-hybridized carbons (Fsp3) is 0.107. The summed E-state index contributed by atoms with van der Waals surface area (Å²) in [5.41, 5.74) is 5.23. The minimum absolute atomic E-state index is 0.144. The monoisotopic (exact) mass is 421 g/mol. The number of aliphatic imine (C=N–C) groups is 1. The second-order valence-electron chi connectivity index (χ2n) is 7.52. The summed E-state index contributed by atoms with van der Waals surface area (Å²) >= 11 is 0. The van der Waals surface area contributed by atoms with Crippen LogP contribution in [0.2, 0.25) is 0 Å². The SMILES string of the molecule is CNC(NC(=NCc1ccc(-c2ccccc2)cc1)c1ccccc1O)c1ccccc1. The third-order valence-corrected chi connectivity index (χ3v) is 5.34. The first-order valence-electron chi connectivity index (χ1n) is 10.7. The smallest absolute Gasteiger partial charge is 0.133 e. The molecule has 0 saturated heterocycles. The molecule has 1 unspecified atom stereocenters. The van der Waals surface area contributed by atoms with Gasteiger partial charge in [0.25, 0.3) is 0 Å². The summed E-state index contributed by atoms with van der Waals surface area (Å²) in [6.07, 6.45) is -0.144. The van der Waals surface area contributed by atoms with Crippen molar-refractivity contribution in [1.82, 2.24) is 10.6 Å². The number of para-hydroxylation sites is 1. The Morgan fingerprint density at radius 3 is 2.00 bits per heavy atom. The summed E-state index contributed by atoms with van der Waals surface area (Å²) in [7, 11) is 1.90. The molecule has 4 nitrogen and oxygen atoms in total. The molecule has 4 rings (SSSR count). The van der Waals surface area contributed by atoms with Crippen LogP contribution < -0.4 is 10.6 Å². The maximum atomic E-state index is 10.5. The lowest BCUT2D eigenvalue weighted by Crippen LogP contribution is -2.37. The molecule has 4 aromatic carbocycles. The number of hydrogen-bond donors (Lipinski definition) is 3. The molecular weight excluding hydrogens is 394 g/mol. The molecule has 0 heterocycles. The number of nitrogens with one attached hydrogen (secondary N) is 2. The lowest BCUT2D eigenvalue weighted by Gasteiger charge is -2.21. The average Bonchev–Trinajstić information content (AvgIpc) is 2.86. The van der Waals surface area contributed by atoms with E-state index in [-0.39, 0.29) is 11.9 Å². The highest BCUT2D eigenvalue weighted by atomic mass is 16.3. The van der Waals surface area contributed by atoms with Crippen LogP contribution >= 0.6 is 0 Å². The van der Waals surface area contributed by atoms with E-state index in [1.165, 1.54) is 11.1 Å². The van der Waals surface area contributed by atoms with Gasteiger partial charge >= 0.3 is 0 Å². The zero-order valence-electron chi connectivity index (χ0n) is 18.1. The van der Waals surface area contributed by atoms with Gasteiger partial charge in [0.2, 0.25) is 0 Å². The number of hydrogen-bond acceptors (Lipinski definition) is 3. The van der Waals surface area contributed by atoms with E-state index in [0.717, 1.165) is 11.1 Å². The van der Waals surface area contributed by atoms with Crippen LogP contribution in [0.4, 0.5) is 0 Å². The van der Waals surface area contributed by atoms with Gasteiger partial charge in [0, 0.05) is 0 Å². The zero-order valence-corrected chi connectivity index (χ0v) is 18.1. The number of phenolic OH excluding ortho intramolecular Hbond substituents is 1. The summed E-state index contributed by atoms with van der Waals surface area (Å²) in [4.78, 5) is 4.85. The predicted molar refractivity (Wildman–Crippen MR) is 132 cm³/mol. The van der Waals surface area contributed by atoms with Gasteiger partial charge in [0.15, 0.2) is 0 Å². The van der Waals surface area contributed by atoms with Crippen LogP contribution in [-0.2, 0) is 6.54 Å². The molecule has 0 radical (unpaired) electrons. The van der Waals surface area contributed by atoms with Gasteiger partial charge in [-0.1, -0.05) is 97.1 Å². The van der Waals surface area contributed by atoms with E-state index in [1.54, 1.807) is 6.07 Å². The first-order chi connectivity index (χ1) is 15.7. The molecule has 4 aromatic rings. The first kappa shape index (κ1) is 21.3. The molecule has 0 bridgehead atoms. The maximum Gasteiger partial charge on any atom is 0.133 e. The highest BCUT2D eigenvalue weighted by molar-refractivity contribution is 6.01. The molecule has 0 aromatic heterocycles. The number of amidine groups is 1. The zero-order chi connectivity index (χ0) is 22.2. The molecule has 0 fully saturated rings. The van der Waals surface area contributed by atoms with Gasteiger partial charge < -0.3 is 10.4 Å². The quantitative estimate of drug-likeness (QED) is 0.209. The van der Waals surface area contributed by atoms with Crippen molar-refractivity contribution in [2.45, 2.75) is 12.7 Å². The van der Waals surface area contributed by atoms with Crippen LogP contribution in [0, 0.1) is 0 Å². The largest absolute Gasteiger partial charge is 0.507 e. The Morgan fingerprint density at radius 2 is 1.34 bits per heavy atom. The Labute approximate surface area is 189 Å². The molecule has 0 saturated carbocycles. The summed E-state index contributed by atoms with van der Waals surface area (Å²) in [6.45, 7) is 0.497. The van der Waals surface area contributed by atoms with Crippen LogP contribution in [0.1, 0.15) is 22.9 Å². The van der Waals surface area contributed by atoms with Gasteiger partial charge in [-0.3, -0.25) is 10.3 Å². The Morgan fingerprint density at radius 1 is 0.750 bits per heavy atom. The van der Waals surface area contributed by atoms with Crippen LogP contribution in [-0.4, -0.2) is 18.0 Å². The Bertz CT molecular complexity index is 1160. The molecule has 0 amide bonds. The fourth-order valence-corrected chi connectivity index (χ4v) is 3.59. The van der Waals surface area contributed by atoms with E-state index in [4.69, 9.17) is 4.99 Å². The molecular formula is C28H27N3O. The van der Waals surface area contributed by atoms with Gasteiger partial charge in [0.1, 0.15) is 17.8 Å². The molecule has 4 heteroatoms. The predicted octanol–water partition coefficient (Wildman–Crippen LogP) is 5.51. The molecule has 3 N–H and O–H groups in total. The topological polar surface area (TPSA) is 56.7 Å². The molecule has 1 atom stereocenters. The van der Waals surface area contributed by atoms with E-state index in [2.05, 4.69) is 59.2 Å². The van der Waals surface area contributed by atoms with Crippen molar-refractivity contribution >= 4 is 5.84 Å². The van der Waals surface area contributed by atoms with Crippen molar-refractivity contribution in [2.24, 2.45) is 4.99 Å². The number of phenols is 1. The second-order valence-corrected chi connectivity index (χ2v) is 7.52. The van der Waals surface area contributed by atoms with Crippen molar-refractivity contribution in [2.75, 3.05) is 7.05 Å². The van der Waals surface area contributed by atoms with Crippen molar-refractivity contribution < 1.29 is 5.11 Å². The number of aromatic hydroxyl groups is 1. The maximum absolute atomic E-state index is 10.5. The van der Waals surface area contributed by atoms with Crippen LogP contribution in [0.25, 0.3) is 11.1 Å². The van der Waals surface area contributed by atoms with E-state index >= 15 is 0 Å². The third kappa shape index (κ3) is 5.23. The van der Waals surface area contributed by atoms with Gasteiger partial charge in [-0.05, 0) is 41.4 Å². The van der Waals surface area contributed by atoms with E-state index < -0.39 is 0 Å². The van der Waals surface area contributed by atoms with Crippen molar-refractivity contribution in [3.8, 4) is 16.9 Å². The van der Waals surface area contributed by atoms with E-state index in [9.17, 15) is 5.11 Å². The lowest BCUT2D eigenvalue weighted by molar-refractivity contribution is 0.472. The standard InChI is InChI=1S/C28H27N3O/c1-29-27(24-12-6-3-7-13-24)31-28(25-14-8-9-15-26(25)32)30-20-21-16-18-23(19-17-21)22-10-4-2-5-11-22/h2-19,27,29,32H,20H2,1H3,(H,30,31).